The van der Waals surface area contributed by atoms with Gasteiger partial charge in [0.15, 0.2) is 0 Å². The molecule has 1 heterocycles. The summed E-state index contributed by atoms with van der Waals surface area (Å²) in [5.41, 5.74) is -0.559. The summed E-state index contributed by atoms with van der Waals surface area (Å²) in [6, 6.07) is 0. The Bertz CT molecular complexity index is 276. The number of methoxy groups -OCH3 is 1. The molecule has 1 N–H and O–H groups in total. The first kappa shape index (κ1) is 15.7. The zero-order chi connectivity index (χ0) is 12.3. The number of ether oxygens (including phenoxy) is 1. The second-order valence-corrected chi connectivity index (χ2v) is 5.24. The molecule has 0 spiro atoms. The molecule has 1 aliphatic heterocycles. The van der Waals surface area contributed by atoms with Crippen LogP contribution in [0.1, 0.15) is 32.6 Å². The van der Waals surface area contributed by atoms with Gasteiger partial charge in [0.05, 0.1) is 0 Å². The van der Waals surface area contributed by atoms with Gasteiger partial charge in [-0.25, -0.2) is 0 Å². The highest BCUT2D eigenvalue weighted by molar-refractivity contribution is 5.85. The van der Waals surface area contributed by atoms with Gasteiger partial charge in [-0.15, -0.1) is 12.4 Å². The molecule has 0 unspecified atom stereocenters. The largest absolute Gasteiger partial charge is 0.368 e. The number of halogens is 1. The van der Waals surface area contributed by atoms with E-state index < -0.39 is 5.60 Å². The summed E-state index contributed by atoms with van der Waals surface area (Å²) in [6.07, 6.45) is 4.16. The smallest absolute Gasteiger partial charge is 0.254 e. The molecular formula is C13H25ClN2O2. The standard InChI is InChI=1S/C13H24N2O2.ClH/c1-3-15(10-11-4-5-11)12(16)13(17-2)6-8-14-9-7-13;/h11,14H,3-10H2,1-2H3;1H. The molecule has 2 rings (SSSR count). The first-order valence-electron chi connectivity index (χ1n) is 6.77. The Labute approximate surface area is 116 Å². The van der Waals surface area contributed by atoms with Crippen LogP contribution < -0.4 is 5.32 Å². The van der Waals surface area contributed by atoms with Crippen LogP contribution in [0.15, 0.2) is 0 Å². The predicted molar refractivity (Wildman–Crippen MR) is 74.1 cm³/mol. The topological polar surface area (TPSA) is 41.6 Å². The highest BCUT2D eigenvalue weighted by Crippen LogP contribution is 2.32. The van der Waals surface area contributed by atoms with Crippen molar-refractivity contribution in [2.45, 2.75) is 38.2 Å². The van der Waals surface area contributed by atoms with E-state index in [0.29, 0.717) is 0 Å². The van der Waals surface area contributed by atoms with Gasteiger partial charge in [-0.2, -0.15) is 0 Å². The van der Waals surface area contributed by atoms with Crippen LogP contribution in [0.25, 0.3) is 0 Å². The van der Waals surface area contributed by atoms with E-state index in [1.807, 2.05) is 4.90 Å². The van der Waals surface area contributed by atoms with Crippen LogP contribution in [-0.4, -0.2) is 49.7 Å². The van der Waals surface area contributed by atoms with Crippen LogP contribution in [0.5, 0.6) is 0 Å². The highest BCUT2D eigenvalue weighted by Gasteiger charge is 2.42. The third-order valence-electron chi connectivity index (χ3n) is 4.04. The quantitative estimate of drug-likeness (QED) is 0.826. The lowest BCUT2D eigenvalue weighted by atomic mass is 9.90. The third kappa shape index (κ3) is 3.37. The summed E-state index contributed by atoms with van der Waals surface area (Å²) < 4.78 is 5.59. The van der Waals surface area contributed by atoms with Crippen LogP contribution in [0.2, 0.25) is 0 Å². The summed E-state index contributed by atoms with van der Waals surface area (Å²) in [5.74, 6) is 0.949. The lowest BCUT2D eigenvalue weighted by Gasteiger charge is -2.38. The molecule has 1 saturated heterocycles. The Balaban J connectivity index is 0.00000162. The fourth-order valence-electron chi connectivity index (χ4n) is 2.59. The Kier molecular flexibility index (Phi) is 5.89. The highest BCUT2D eigenvalue weighted by atomic mass is 35.5. The van der Waals surface area contributed by atoms with E-state index in [1.165, 1.54) is 12.8 Å². The van der Waals surface area contributed by atoms with Gasteiger partial charge in [0.25, 0.3) is 5.91 Å². The Hall–Kier alpha value is -0.320. The summed E-state index contributed by atoms with van der Waals surface area (Å²) in [5, 5.41) is 3.29. The minimum atomic E-state index is -0.559. The number of nitrogens with one attached hydrogen (secondary N) is 1. The Morgan fingerprint density at radius 3 is 2.44 bits per heavy atom. The zero-order valence-electron chi connectivity index (χ0n) is 11.4. The number of hydrogen-bond donors (Lipinski definition) is 1. The molecule has 18 heavy (non-hydrogen) atoms. The molecule has 2 fully saturated rings. The average Bonchev–Trinajstić information content (AvgIpc) is 3.20. The fraction of sp³-hybridized carbons (Fsp3) is 0.923. The molecule has 1 saturated carbocycles. The van der Waals surface area contributed by atoms with E-state index in [1.54, 1.807) is 7.11 Å². The monoisotopic (exact) mass is 276 g/mol. The molecule has 5 heteroatoms. The van der Waals surface area contributed by atoms with Crippen molar-refractivity contribution in [3.05, 3.63) is 0 Å². The number of carbonyl (C=O) groups excluding carboxylic acids is 1. The van der Waals surface area contributed by atoms with Gasteiger partial charge < -0.3 is 15.0 Å². The van der Waals surface area contributed by atoms with Gasteiger partial charge in [-0.1, -0.05) is 0 Å². The van der Waals surface area contributed by atoms with E-state index in [2.05, 4.69) is 12.2 Å². The van der Waals surface area contributed by atoms with E-state index in [-0.39, 0.29) is 18.3 Å². The number of amides is 1. The Morgan fingerprint density at radius 2 is 2.00 bits per heavy atom. The van der Waals surface area contributed by atoms with Crippen molar-refractivity contribution in [3.63, 3.8) is 0 Å². The van der Waals surface area contributed by atoms with E-state index in [0.717, 1.165) is 44.9 Å². The molecule has 106 valence electrons. The number of hydrogen-bond acceptors (Lipinski definition) is 3. The van der Waals surface area contributed by atoms with Crippen molar-refractivity contribution in [2.24, 2.45) is 5.92 Å². The van der Waals surface area contributed by atoms with E-state index in [4.69, 9.17) is 4.74 Å². The maximum atomic E-state index is 12.6. The number of carbonyl (C=O) groups is 1. The van der Waals surface area contributed by atoms with Crippen molar-refractivity contribution in [2.75, 3.05) is 33.3 Å². The lowest BCUT2D eigenvalue weighted by molar-refractivity contribution is -0.158. The van der Waals surface area contributed by atoms with Crippen LogP contribution in [0.3, 0.4) is 0 Å². The number of piperidine rings is 1. The van der Waals surface area contributed by atoms with Crippen LogP contribution in [0, 0.1) is 5.92 Å². The summed E-state index contributed by atoms with van der Waals surface area (Å²) in [4.78, 5) is 14.6. The van der Waals surface area contributed by atoms with Crippen LogP contribution in [0.4, 0.5) is 0 Å². The van der Waals surface area contributed by atoms with Crippen molar-refractivity contribution in [1.29, 1.82) is 0 Å². The second kappa shape index (κ2) is 6.73. The van der Waals surface area contributed by atoms with Crippen LogP contribution in [-0.2, 0) is 9.53 Å². The second-order valence-electron chi connectivity index (χ2n) is 5.24. The van der Waals surface area contributed by atoms with Crippen LogP contribution >= 0.6 is 12.4 Å². The first-order valence-corrected chi connectivity index (χ1v) is 6.77. The van der Waals surface area contributed by atoms with E-state index in [9.17, 15) is 4.79 Å². The molecule has 1 amide bonds. The molecule has 0 radical (unpaired) electrons. The van der Waals surface area contributed by atoms with Gasteiger partial charge in [-0.3, -0.25) is 4.79 Å². The van der Waals surface area contributed by atoms with Gasteiger partial charge >= 0.3 is 0 Å². The fourth-order valence-corrected chi connectivity index (χ4v) is 2.59. The molecule has 2 aliphatic rings. The molecule has 0 aromatic carbocycles. The minimum absolute atomic E-state index is 0. The lowest BCUT2D eigenvalue weighted by Crippen LogP contribution is -2.55. The molecule has 0 bridgehead atoms. The zero-order valence-corrected chi connectivity index (χ0v) is 12.2. The third-order valence-corrected chi connectivity index (χ3v) is 4.04. The van der Waals surface area contributed by atoms with Gasteiger partial charge in [0, 0.05) is 20.2 Å². The number of likely N-dealkylation sites (N-methyl/N-ethyl adjacent to an activating group) is 1. The Morgan fingerprint density at radius 1 is 1.39 bits per heavy atom. The van der Waals surface area contributed by atoms with Crippen molar-refractivity contribution >= 4 is 18.3 Å². The molecule has 0 aromatic heterocycles. The number of rotatable bonds is 5. The molecule has 0 atom stereocenters. The summed E-state index contributed by atoms with van der Waals surface area (Å²) in [7, 11) is 1.67. The first-order chi connectivity index (χ1) is 8.22. The van der Waals surface area contributed by atoms with Gasteiger partial charge in [0.2, 0.25) is 0 Å². The normalized spacial score (nSPS) is 22.1. The molecule has 1 aliphatic carbocycles. The SMILES string of the molecule is CCN(CC1CC1)C(=O)C1(OC)CCNCC1.Cl. The minimum Gasteiger partial charge on any atom is -0.368 e. The maximum absolute atomic E-state index is 12.6. The van der Waals surface area contributed by atoms with Gasteiger partial charge in [0.1, 0.15) is 5.60 Å². The number of nitrogens with zero attached hydrogens (tertiary/aromatic N) is 1. The van der Waals surface area contributed by atoms with Gasteiger partial charge in [-0.05, 0) is 51.6 Å². The maximum Gasteiger partial charge on any atom is 0.254 e. The van der Waals surface area contributed by atoms with Crippen molar-refractivity contribution in [1.82, 2.24) is 10.2 Å². The van der Waals surface area contributed by atoms with Crippen molar-refractivity contribution < 1.29 is 9.53 Å². The predicted octanol–water partition coefficient (Wildman–Crippen LogP) is 1.44. The van der Waals surface area contributed by atoms with Crippen molar-refractivity contribution in [3.8, 4) is 0 Å². The summed E-state index contributed by atoms with van der Waals surface area (Å²) >= 11 is 0. The molecule has 4 nitrogen and oxygen atoms in total. The molecule has 0 aromatic rings. The average molecular weight is 277 g/mol. The molecular weight excluding hydrogens is 252 g/mol. The van der Waals surface area contributed by atoms with E-state index >= 15 is 0 Å². The summed E-state index contributed by atoms with van der Waals surface area (Å²) in [6.45, 7) is 5.54.